The van der Waals surface area contributed by atoms with E-state index in [2.05, 4.69) is 5.32 Å². The summed E-state index contributed by atoms with van der Waals surface area (Å²) in [4.78, 5) is 1.58. The van der Waals surface area contributed by atoms with Crippen molar-refractivity contribution in [1.82, 2.24) is 10.2 Å². The van der Waals surface area contributed by atoms with E-state index < -0.39 is 12.7 Å². The van der Waals surface area contributed by atoms with Crippen molar-refractivity contribution in [3.8, 4) is 0 Å². The van der Waals surface area contributed by atoms with Crippen molar-refractivity contribution in [3.05, 3.63) is 0 Å². The maximum atomic E-state index is 12.2. The van der Waals surface area contributed by atoms with Gasteiger partial charge in [0.05, 0.1) is 6.54 Å². The van der Waals surface area contributed by atoms with Gasteiger partial charge < -0.3 is 5.32 Å². The fourth-order valence-electron chi connectivity index (χ4n) is 1.68. The van der Waals surface area contributed by atoms with Crippen molar-refractivity contribution in [2.75, 3.05) is 26.7 Å². The van der Waals surface area contributed by atoms with Crippen LogP contribution in [-0.4, -0.2) is 43.8 Å². The number of alkyl halides is 3. The van der Waals surface area contributed by atoms with Crippen molar-refractivity contribution >= 4 is 0 Å². The summed E-state index contributed by atoms with van der Waals surface area (Å²) in [6.07, 6.45) is -0.402. The summed E-state index contributed by atoms with van der Waals surface area (Å²) in [5, 5.41) is 2.99. The molecule has 0 radical (unpaired) electrons. The second kappa shape index (κ2) is 5.70. The Bertz CT molecular complexity index is 178. The lowest BCUT2D eigenvalue weighted by Crippen LogP contribution is -2.36. The van der Waals surface area contributed by atoms with Crippen molar-refractivity contribution in [2.24, 2.45) is 0 Å². The number of rotatable bonds is 7. The Kier molecular flexibility index (Phi) is 4.86. The topological polar surface area (TPSA) is 15.3 Å². The van der Waals surface area contributed by atoms with Crippen LogP contribution in [0.2, 0.25) is 0 Å². The number of hydrogen-bond donors (Lipinski definition) is 1. The molecule has 0 aromatic carbocycles. The summed E-state index contributed by atoms with van der Waals surface area (Å²) >= 11 is 0. The molecule has 0 spiro atoms. The quantitative estimate of drug-likeness (QED) is 0.665. The van der Waals surface area contributed by atoms with Crippen molar-refractivity contribution < 1.29 is 13.2 Å². The molecule has 90 valence electrons. The molecule has 0 atom stereocenters. The van der Waals surface area contributed by atoms with Gasteiger partial charge in [-0.3, -0.25) is 4.90 Å². The molecule has 2 nitrogen and oxygen atoms in total. The minimum Gasteiger partial charge on any atom is -0.320 e. The van der Waals surface area contributed by atoms with Gasteiger partial charge in [-0.25, -0.2) is 0 Å². The van der Waals surface area contributed by atoms with E-state index in [1.165, 1.54) is 0 Å². The maximum Gasteiger partial charge on any atom is 0.401 e. The first-order valence-corrected chi connectivity index (χ1v) is 5.48. The maximum absolute atomic E-state index is 12.2. The van der Waals surface area contributed by atoms with Crippen LogP contribution in [0.25, 0.3) is 0 Å². The van der Waals surface area contributed by atoms with Crippen molar-refractivity contribution in [2.45, 2.75) is 37.9 Å². The third kappa shape index (κ3) is 5.99. The lowest BCUT2D eigenvalue weighted by molar-refractivity contribution is -0.147. The van der Waals surface area contributed by atoms with E-state index in [9.17, 15) is 13.2 Å². The zero-order valence-corrected chi connectivity index (χ0v) is 9.11. The molecule has 15 heavy (non-hydrogen) atoms. The van der Waals surface area contributed by atoms with Crippen LogP contribution in [0.1, 0.15) is 25.7 Å². The summed E-state index contributed by atoms with van der Waals surface area (Å²) < 4.78 is 36.6. The molecule has 1 saturated carbocycles. The first-order chi connectivity index (χ1) is 7.03. The van der Waals surface area contributed by atoms with Gasteiger partial charge in [0.1, 0.15) is 0 Å². The third-order valence-electron chi connectivity index (χ3n) is 2.57. The number of hydrogen-bond acceptors (Lipinski definition) is 2. The average molecular weight is 224 g/mol. The van der Waals surface area contributed by atoms with Crippen LogP contribution < -0.4 is 5.32 Å². The third-order valence-corrected chi connectivity index (χ3v) is 2.57. The Morgan fingerprint density at radius 3 is 2.40 bits per heavy atom. The predicted octanol–water partition coefficient (Wildman–Crippen LogP) is 2.01. The van der Waals surface area contributed by atoms with E-state index in [0.29, 0.717) is 6.54 Å². The molecule has 0 aromatic heterocycles. The standard InChI is InChI=1S/C10H19F3N2/c1-14-6-2-3-7-15(9-4-5-9)8-10(11,12)13/h9,14H,2-8H2,1H3. The van der Waals surface area contributed by atoms with Crippen LogP contribution in [0.15, 0.2) is 0 Å². The van der Waals surface area contributed by atoms with Gasteiger partial charge in [-0.2, -0.15) is 13.2 Å². The Morgan fingerprint density at radius 1 is 1.27 bits per heavy atom. The van der Waals surface area contributed by atoms with Gasteiger partial charge in [-0.1, -0.05) is 0 Å². The second-order valence-corrected chi connectivity index (χ2v) is 4.13. The molecule has 0 saturated heterocycles. The molecule has 0 aliphatic heterocycles. The Hall–Kier alpha value is -0.290. The fourth-order valence-corrected chi connectivity index (χ4v) is 1.68. The van der Waals surface area contributed by atoms with Gasteiger partial charge in [-0.15, -0.1) is 0 Å². The number of nitrogens with one attached hydrogen (secondary N) is 1. The molecule has 1 N–H and O–H groups in total. The first-order valence-electron chi connectivity index (χ1n) is 5.48. The largest absolute Gasteiger partial charge is 0.401 e. The molecule has 0 heterocycles. The molecular weight excluding hydrogens is 205 g/mol. The van der Waals surface area contributed by atoms with Crippen LogP contribution in [0.4, 0.5) is 13.2 Å². The molecule has 1 aliphatic carbocycles. The molecule has 1 fully saturated rings. The number of halogens is 3. The summed E-state index contributed by atoms with van der Waals surface area (Å²) in [6.45, 7) is 0.716. The van der Waals surface area contributed by atoms with Crippen molar-refractivity contribution in [3.63, 3.8) is 0 Å². The molecule has 0 bridgehead atoms. The van der Waals surface area contributed by atoms with Gasteiger partial charge in [0, 0.05) is 6.04 Å². The highest BCUT2D eigenvalue weighted by Crippen LogP contribution is 2.30. The van der Waals surface area contributed by atoms with E-state index in [-0.39, 0.29) is 6.04 Å². The molecule has 0 amide bonds. The molecule has 0 unspecified atom stereocenters. The summed E-state index contributed by atoms with van der Waals surface area (Å²) in [5.74, 6) is 0. The van der Waals surface area contributed by atoms with E-state index in [0.717, 1.165) is 32.2 Å². The lowest BCUT2D eigenvalue weighted by Gasteiger charge is -2.23. The van der Waals surface area contributed by atoms with Crippen molar-refractivity contribution in [1.29, 1.82) is 0 Å². The van der Waals surface area contributed by atoms with E-state index in [4.69, 9.17) is 0 Å². The van der Waals surface area contributed by atoms with Crippen LogP contribution in [0.5, 0.6) is 0 Å². The molecule has 1 aliphatic rings. The van der Waals surface area contributed by atoms with Crippen LogP contribution in [0, 0.1) is 0 Å². The SMILES string of the molecule is CNCCCCN(CC(F)(F)F)C1CC1. The number of unbranched alkanes of at least 4 members (excludes halogenated alkanes) is 1. The van der Waals surface area contributed by atoms with Gasteiger partial charge in [0.15, 0.2) is 0 Å². The monoisotopic (exact) mass is 224 g/mol. The Morgan fingerprint density at radius 2 is 1.93 bits per heavy atom. The molecule has 1 rings (SSSR count). The molecule has 0 aromatic rings. The highest BCUT2D eigenvalue weighted by atomic mass is 19.4. The normalized spacial score (nSPS) is 17.4. The average Bonchev–Trinajstić information content (AvgIpc) is 2.91. The van der Waals surface area contributed by atoms with E-state index in [1.807, 2.05) is 7.05 Å². The van der Waals surface area contributed by atoms with Gasteiger partial charge >= 0.3 is 6.18 Å². The smallest absolute Gasteiger partial charge is 0.320 e. The lowest BCUT2D eigenvalue weighted by atomic mass is 10.3. The minimum atomic E-state index is -4.05. The van der Waals surface area contributed by atoms with Gasteiger partial charge in [-0.05, 0) is 45.8 Å². The van der Waals surface area contributed by atoms with Crippen LogP contribution >= 0.6 is 0 Å². The molecular formula is C10H19F3N2. The number of nitrogens with zero attached hydrogens (tertiary/aromatic N) is 1. The summed E-state index contributed by atoms with van der Waals surface area (Å²) in [6, 6.07) is 0.196. The predicted molar refractivity (Wildman–Crippen MR) is 53.8 cm³/mol. The Labute approximate surface area is 88.8 Å². The zero-order chi connectivity index (χ0) is 11.3. The summed E-state index contributed by atoms with van der Waals surface area (Å²) in [7, 11) is 1.86. The fraction of sp³-hybridized carbons (Fsp3) is 1.00. The molecule has 5 heteroatoms. The Balaban J connectivity index is 2.19. The second-order valence-electron chi connectivity index (χ2n) is 4.13. The first kappa shape index (κ1) is 12.8. The summed E-state index contributed by atoms with van der Waals surface area (Å²) in [5.41, 5.74) is 0. The van der Waals surface area contributed by atoms with Gasteiger partial charge in [0.2, 0.25) is 0 Å². The van der Waals surface area contributed by atoms with E-state index in [1.54, 1.807) is 4.90 Å². The highest BCUT2D eigenvalue weighted by Gasteiger charge is 2.37. The van der Waals surface area contributed by atoms with Crippen LogP contribution in [-0.2, 0) is 0 Å². The zero-order valence-electron chi connectivity index (χ0n) is 9.11. The van der Waals surface area contributed by atoms with E-state index >= 15 is 0 Å². The minimum absolute atomic E-state index is 0.196. The van der Waals surface area contributed by atoms with Gasteiger partial charge in [0.25, 0.3) is 0 Å². The van der Waals surface area contributed by atoms with Crippen LogP contribution in [0.3, 0.4) is 0 Å². The highest BCUT2D eigenvalue weighted by molar-refractivity contribution is 4.85.